The van der Waals surface area contributed by atoms with Crippen molar-refractivity contribution in [1.82, 2.24) is 25.1 Å². The van der Waals surface area contributed by atoms with Gasteiger partial charge in [0.1, 0.15) is 18.2 Å². The molecule has 4 rings (SSSR count). The van der Waals surface area contributed by atoms with Crippen molar-refractivity contribution in [1.29, 1.82) is 0 Å². The Morgan fingerprint density at radius 2 is 2.03 bits per heavy atom. The van der Waals surface area contributed by atoms with E-state index in [1.165, 1.54) is 0 Å². The van der Waals surface area contributed by atoms with Gasteiger partial charge in [0.25, 0.3) is 0 Å². The van der Waals surface area contributed by atoms with Crippen molar-refractivity contribution in [2.24, 2.45) is 0 Å². The second-order valence-corrected chi connectivity index (χ2v) is 8.56. The Labute approximate surface area is 189 Å². The van der Waals surface area contributed by atoms with Gasteiger partial charge in [0.05, 0.1) is 24.0 Å². The minimum Gasteiger partial charge on any atom is -0.492 e. The van der Waals surface area contributed by atoms with E-state index in [0.29, 0.717) is 26.2 Å². The fraction of sp³-hybridized carbons (Fsp3) is 0.458. The summed E-state index contributed by atoms with van der Waals surface area (Å²) in [4.78, 5) is 10.6. The molecule has 0 amide bonds. The molecule has 8 nitrogen and oxygen atoms in total. The van der Waals surface area contributed by atoms with Gasteiger partial charge in [0, 0.05) is 44.3 Å². The van der Waals surface area contributed by atoms with E-state index in [-0.39, 0.29) is 0 Å². The Hall–Kier alpha value is -2.97. The average Bonchev–Trinajstić information content (AvgIpc) is 3.12. The molecular formula is C24H32N6O2. The fourth-order valence-electron chi connectivity index (χ4n) is 4.20. The number of piperidine rings is 1. The van der Waals surface area contributed by atoms with Crippen molar-refractivity contribution in [2.45, 2.75) is 45.4 Å². The van der Waals surface area contributed by atoms with Crippen LogP contribution in [0.5, 0.6) is 5.75 Å². The zero-order valence-electron chi connectivity index (χ0n) is 18.9. The molecule has 0 unspecified atom stereocenters. The first kappa shape index (κ1) is 22.2. The summed E-state index contributed by atoms with van der Waals surface area (Å²) >= 11 is 0. The van der Waals surface area contributed by atoms with E-state index in [1.54, 1.807) is 18.6 Å². The van der Waals surface area contributed by atoms with E-state index in [9.17, 15) is 5.11 Å². The van der Waals surface area contributed by atoms with Crippen LogP contribution < -0.4 is 15.0 Å². The van der Waals surface area contributed by atoms with Crippen molar-refractivity contribution >= 4 is 5.82 Å². The number of nitrogens with zero attached hydrogens (tertiary/aromatic N) is 5. The van der Waals surface area contributed by atoms with Gasteiger partial charge in [-0.2, -0.15) is 5.10 Å². The molecular weight excluding hydrogens is 404 g/mol. The van der Waals surface area contributed by atoms with Gasteiger partial charge >= 0.3 is 0 Å². The van der Waals surface area contributed by atoms with E-state index in [2.05, 4.69) is 50.4 Å². The molecule has 1 aliphatic heterocycles. The van der Waals surface area contributed by atoms with E-state index in [0.717, 1.165) is 54.4 Å². The summed E-state index contributed by atoms with van der Waals surface area (Å²) < 4.78 is 7.83. The molecule has 1 aromatic carbocycles. The number of nitrogens with one attached hydrogen (secondary N) is 1. The number of anilines is 1. The number of rotatable bonds is 9. The molecule has 3 heterocycles. The summed E-state index contributed by atoms with van der Waals surface area (Å²) in [6, 6.07) is 10.2. The van der Waals surface area contributed by atoms with Crippen LogP contribution in [-0.2, 0) is 13.1 Å². The van der Waals surface area contributed by atoms with Crippen molar-refractivity contribution in [3.8, 4) is 5.75 Å². The highest BCUT2D eigenvalue weighted by atomic mass is 16.5. The van der Waals surface area contributed by atoms with Gasteiger partial charge in [-0.1, -0.05) is 12.1 Å². The van der Waals surface area contributed by atoms with Crippen molar-refractivity contribution in [3.63, 3.8) is 0 Å². The lowest BCUT2D eigenvalue weighted by Crippen LogP contribution is -2.53. The number of aromatic nitrogens is 4. The quantitative estimate of drug-likeness (QED) is 0.533. The monoisotopic (exact) mass is 436 g/mol. The topological polar surface area (TPSA) is 88.3 Å². The number of aryl methyl sites for hydroxylation is 2. The van der Waals surface area contributed by atoms with Crippen LogP contribution in [0.2, 0.25) is 0 Å². The first-order valence-electron chi connectivity index (χ1n) is 11.2. The zero-order chi connectivity index (χ0) is 22.4. The molecule has 0 bridgehead atoms. The van der Waals surface area contributed by atoms with Crippen molar-refractivity contribution in [2.75, 3.05) is 31.1 Å². The maximum Gasteiger partial charge on any atom is 0.147 e. The highest BCUT2D eigenvalue weighted by molar-refractivity contribution is 5.36. The third kappa shape index (κ3) is 5.83. The summed E-state index contributed by atoms with van der Waals surface area (Å²) in [6.07, 6.45) is 6.81. The summed E-state index contributed by atoms with van der Waals surface area (Å²) in [7, 11) is 0. The van der Waals surface area contributed by atoms with Crippen molar-refractivity contribution in [3.05, 3.63) is 65.9 Å². The molecule has 170 valence electrons. The van der Waals surface area contributed by atoms with Crippen LogP contribution in [0.4, 0.5) is 5.82 Å². The molecule has 2 aromatic heterocycles. The van der Waals surface area contributed by atoms with E-state index in [1.807, 2.05) is 23.7 Å². The predicted molar refractivity (Wildman–Crippen MR) is 124 cm³/mol. The van der Waals surface area contributed by atoms with Gasteiger partial charge < -0.3 is 20.1 Å². The molecule has 8 heteroatoms. The number of β-amino-alcohol motifs (C(OH)–C–C–N with tert-alkyl or cyclic N) is 1. The predicted octanol–water partition coefficient (Wildman–Crippen LogP) is 2.49. The van der Waals surface area contributed by atoms with Crippen LogP contribution in [-0.4, -0.2) is 56.7 Å². The molecule has 0 spiro atoms. The molecule has 3 aromatic rings. The number of benzene rings is 1. The van der Waals surface area contributed by atoms with Gasteiger partial charge in [0.2, 0.25) is 0 Å². The Bertz CT molecular complexity index is 991. The molecule has 1 atom stereocenters. The van der Waals surface area contributed by atoms with E-state index < -0.39 is 5.60 Å². The smallest absolute Gasteiger partial charge is 0.147 e. The van der Waals surface area contributed by atoms with E-state index in [4.69, 9.17) is 4.74 Å². The third-order valence-electron chi connectivity index (χ3n) is 5.81. The Morgan fingerprint density at radius 3 is 2.75 bits per heavy atom. The van der Waals surface area contributed by atoms with Gasteiger partial charge in [-0.15, -0.1) is 0 Å². The molecule has 0 saturated carbocycles. The number of hydrogen-bond acceptors (Lipinski definition) is 7. The largest absolute Gasteiger partial charge is 0.492 e. The molecule has 1 saturated heterocycles. The van der Waals surface area contributed by atoms with Crippen LogP contribution in [0, 0.1) is 13.8 Å². The zero-order valence-corrected chi connectivity index (χ0v) is 18.9. The molecule has 0 radical (unpaired) electrons. The lowest BCUT2D eigenvalue weighted by Gasteiger charge is -2.39. The maximum atomic E-state index is 11.1. The molecule has 1 aliphatic rings. The van der Waals surface area contributed by atoms with Crippen LogP contribution in [0.3, 0.4) is 0 Å². The third-order valence-corrected chi connectivity index (χ3v) is 5.81. The first-order valence-corrected chi connectivity index (χ1v) is 11.2. The van der Waals surface area contributed by atoms with Crippen LogP contribution in [0.15, 0.2) is 48.9 Å². The molecule has 2 N–H and O–H groups in total. The van der Waals surface area contributed by atoms with Gasteiger partial charge in [0.15, 0.2) is 0 Å². The summed E-state index contributed by atoms with van der Waals surface area (Å²) in [5, 5.41) is 18.9. The lowest BCUT2D eigenvalue weighted by atomic mass is 9.92. The van der Waals surface area contributed by atoms with Crippen molar-refractivity contribution < 1.29 is 9.84 Å². The Morgan fingerprint density at radius 1 is 1.19 bits per heavy atom. The molecule has 0 aliphatic carbocycles. The Balaban J connectivity index is 1.21. The molecule has 32 heavy (non-hydrogen) atoms. The maximum absolute atomic E-state index is 11.1. The minimum atomic E-state index is -0.776. The van der Waals surface area contributed by atoms with Gasteiger partial charge in [-0.05, 0) is 50.5 Å². The standard InChI is InChI=1S/C24H32N6O2/c1-19-14-20(2)30(28-19)12-13-32-22-6-4-21(5-7-22)15-26-17-24(31)8-3-11-29(18-24)23-16-25-9-10-27-23/h4-7,9-10,14,16,26,31H,3,8,11-13,15,17-18H2,1-2H3/t24-/m0/s1. The summed E-state index contributed by atoms with van der Waals surface area (Å²) in [5.74, 6) is 1.67. The highest BCUT2D eigenvalue weighted by Crippen LogP contribution is 2.24. The van der Waals surface area contributed by atoms with E-state index >= 15 is 0 Å². The first-order chi connectivity index (χ1) is 15.5. The summed E-state index contributed by atoms with van der Waals surface area (Å²) in [5.41, 5.74) is 2.55. The molecule has 1 fully saturated rings. The van der Waals surface area contributed by atoms with Crippen LogP contribution in [0.1, 0.15) is 29.8 Å². The number of aliphatic hydroxyl groups is 1. The Kier molecular flexibility index (Phi) is 7.02. The minimum absolute atomic E-state index is 0.532. The average molecular weight is 437 g/mol. The SMILES string of the molecule is Cc1cc(C)n(CCOc2ccc(CNC[C@@]3(O)CCCN(c4cnccn4)C3)cc2)n1. The van der Waals surface area contributed by atoms with Gasteiger partial charge in [-0.25, -0.2) is 4.98 Å². The second kappa shape index (κ2) is 10.1. The lowest BCUT2D eigenvalue weighted by molar-refractivity contribution is 0.0258. The van der Waals surface area contributed by atoms with Crippen LogP contribution in [0.25, 0.3) is 0 Å². The van der Waals surface area contributed by atoms with Crippen LogP contribution >= 0.6 is 0 Å². The fourth-order valence-corrected chi connectivity index (χ4v) is 4.20. The number of hydrogen-bond donors (Lipinski definition) is 2. The van der Waals surface area contributed by atoms with Gasteiger partial charge in [-0.3, -0.25) is 9.67 Å². The second-order valence-electron chi connectivity index (χ2n) is 8.56. The summed E-state index contributed by atoms with van der Waals surface area (Å²) in [6.45, 7) is 8.03. The highest BCUT2D eigenvalue weighted by Gasteiger charge is 2.33. The normalized spacial score (nSPS) is 18.7. The number of ether oxygens (including phenoxy) is 1.